The zero-order valence-corrected chi connectivity index (χ0v) is 14.5. The van der Waals surface area contributed by atoms with E-state index in [1.807, 2.05) is 0 Å². The van der Waals surface area contributed by atoms with E-state index in [4.69, 9.17) is 4.74 Å². The Morgan fingerprint density at radius 3 is 2.83 bits per heavy atom. The Labute approximate surface area is 143 Å². The van der Waals surface area contributed by atoms with Crippen molar-refractivity contribution in [3.05, 3.63) is 47.0 Å². The van der Waals surface area contributed by atoms with E-state index in [0.29, 0.717) is 24.1 Å². The molecule has 4 rings (SSSR count). The molecule has 0 amide bonds. The van der Waals surface area contributed by atoms with E-state index < -0.39 is 0 Å². The molecule has 1 atom stereocenters. The largest absolute Gasteiger partial charge is 0.504 e. The Kier molecular flexibility index (Phi) is 3.97. The lowest BCUT2D eigenvalue weighted by atomic mass is 9.76. The third-order valence-electron chi connectivity index (χ3n) is 5.40. The molecule has 0 aromatic heterocycles. The highest BCUT2D eigenvalue weighted by atomic mass is 16.5. The van der Waals surface area contributed by atoms with Crippen molar-refractivity contribution < 1.29 is 9.84 Å². The number of phenolic OH excluding ortho intramolecular Hbond substituents is 1. The number of ether oxygens (including phenoxy) is 1. The number of rotatable bonds is 4. The van der Waals surface area contributed by atoms with E-state index in [9.17, 15) is 5.11 Å². The summed E-state index contributed by atoms with van der Waals surface area (Å²) < 4.78 is 5.86. The maximum absolute atomic E-state index is 11.0. The quantitative estimate of drug-likeness (QED) is 0.909. The molecule has 0 bridgehead atoms. The lowest BCUT2D eigenvalue weighted by Crippen LogP contribution is -2.38. The molecule has 0 saturated carbocycles. The molecule has 0 radical (unpaired) electrons. The van der Waals surface area contributed by atoms with Gasteiger partial charge in [0, 0.05) is 18.2 Å². The van der Waals surface area contributed by atoms with E-state index in [-0.39, 0.29) is 0 Å². The molecule has 2 aliphatic rings. The van der Waals surface area contributed by atoms with Gasteiger partial charge in [0.1, 0.15) is 0 Å². The van der Waals surface area contributed by atoms with Gasteiger partial charge in [0.05, 0.1) is 6.61 Å². The van der Waals surface area contributed by atoms with Crippen LogP contribution in [-0.2, 0) is 12.8 Å². The van der Waals surface area contributed by atoms with E-state index in [1.54, 1.807) is 0 Å². The minimum atomic E-state index is 0.317. The second-order valence-corrected chi connectivity index (χ2v) is 6.78. The van der Waals surface area contributed by atoms with Gasteiger partial charge in [0.15, 0.2) is 11.5 Å². The highest BCUT2D eigenvalue weighted by molar-refractivity contribution is 5.83. The van der Waals surface area contributed by atoms with Gasteiger partial charge >= 0.3 is 0 Å². The average molecular weight is 323 g/mol. The van der Waals surface area contributed by atoms with Crippen LogP contribution in [-0.4, -0.2) is 29.7 Å². The molecule has 2 aromatic rings. The summed E-state index contributed by atoms with van der Waals surface area (Å²) in [5, 5.41) is 11.0. The molecule has 3 nitrogen and oxygen atoms in total. The van der Waals surface area contributed by atoms with Crippen molar-refractivity contribution in [3.63, 3.8) is 0 Å². The number of aromatic hydroxyl groups is 1. The molecule has 0 fully saturated rings. The molecule has 0 unspecified atom stereocenters. The molecule has 1 aliphatic carbocycles. The summed E-state index contributed by atoms with van der Waals surface area (Å²) in [5.74, 6) is 0.961. The van der Waals surface area contributed by atoms with Crippen LogP contribution in [0.25, 0.3) is 11.1 Å². The van der Waals surface area contributed by atoms with E-state index in [1.165, 1.54) is 22.3 Å². The van der Waals surface area contributed by atoms with Gasteiger partial charge in [-0.15, -0.1) is 0 Å². The summed E-state index contributed by atoms with van der Waals surface area (Å²) in [4.78, 5) is 2.54. The van der Waals surface area contributed by atoms with Crippen molar-refractivity contribution in [2.45, 2.75) is 39.2 Å². The van der Waals surface area contributed by atoms with Gasteiger partial charge in [-0.1, -0.05) is 38.1 Å². The van der Waals surface area contributed by atoms with Crippen molar-refractivity contribution in [1.29, 1.82) is 0 Å². The van der Waals surface area contributed by atoms with Gasteiger partial charge in [-0.3, -0.25) is 4.90 Å². The normalized spacial score (nSPS) is 18.8. The zero-order valence-electron chi connectivity index (χ0n) is 14.5. The first kappa shape index (κ1) is 15.5. The van der Waals surface area contributed by atoms with Crippen molar-refractivity contribution in [3.8, 4) is 22.6 Å². The average Bonchev–Trinajstić information content (AvgIpc) is 2.62. The van der Waals surface area contributed by atoms with Crippen LogP contribution in [0.2, 0.25) is 0 Å². The van der Waals surface area contributed by atoms with Crippen LogP contribution in [0.3, 0.4) is 0 Å². The zero-order chi connectivity index (χ0) is 16.7. The predicted octanol–water partition coefficient (Wildman–Crippen LogP) is 4.32. The van der Waals surface area contributed by atoms with Crippen LogP contribution >= 0.6 is 0 Å². The summed E-state index contributed by atoms with van der Waals surface area (Å²) in [6.45, 7) is 7.07. The van der Waals surface area contributed by atoms with E-state index >= 15 is 0 Å². The standard InChI is InChI=1S/C21H25NO2/c1-3-11-24-18-13-15-9-10-22(4-2)17-12-14-7-5-6-8-16(14)20(19(15)17)21(18)23/h5-8,13,17,23H,3-4,9-12H2,1-2H3/t17-/m1/s1. The summed E-state index contributed by atoms with van der Waals surface area (Å²) in [5.41, 5.74) is 6.16. The highest BCUT2D eigenvalue weighted by Gasteiger charge is 2.36. The van der Waals surface area contributed by atoms with Crippen molar-refractivity contribution in [2.75, 3.05) is 19.7 Å². The van der Waals surface area contributed by atoms with Gasteiger partial charge in [0.2, 0.25) is 0 Å². The highest BCUT2D eigenvalue weighted by Crippen LogP contribution is 2.51. The summed E-state index contributed by atoms with van der Waals surface area (Å²) in [7, 11) is 0. The SMILES string of the molecule is CCCOc1cc2c3c(c1O)-c1ccccc1C[C@H]3N(CC)CC2. The number of fused-ring (bicyclic) bond motifs is 2. The van der Waals surface area contributed by atoms with Crippen LogP contribution in [0, 0.1) is 0 Å². The maximum Gasteiger partial charge on any atom is 0.166 e. The fourth-order valence-electron chi connectivity index (χ4n) is 4.26. The van der Waals surface area contributed by atoms with Gasteiger partial charge < -0.3 is 9.84 Å². The third kappa shape index (κ3) is 2.30. The Morgan fingerprint density at radius 2 is 2.04 bits per heavy atom. The monoisotopic (exact) mass is 323 g/mol. The number of nitrogens with zero attached hydrogens (tertiary/aromatic N) is 1. The van der Waals surface area contributed by atoms with E-state index in [0.717, 1.165) is 37.9 Å². The molecular formula is C21H25NO2. The molecular weight excluding hydrogens is 298 g/mol. The molecule has 24 heavy (non-hydrogen) atoms. The van der Waals surface area contributed by atoms with Crippen LogP contribution in [0.15, 0.2) is 30.3 Å². The number of phenols is 1. The number of likely N-dealkylation sites (N-methyl/N-ethyl adjacent to an activating group) is 1. The maximum atomic E-state index is 11.0. The molecule has 126 valence electrons. The lowest BCUT2D eigenvalue weighted by molar-refractivity contribution is 0.191. The van der Waals surface area contributed by atoms with E-state index in [2.05, 4.69) is 49.1 Å². The number of hydrogen-bond acceptors (Lipinski definition) is 3. The van der Waals surface area contributed by atoms with Crippen LogP contribution < -0.4 is 4.74 Å². The molecule has 2 aromatic carbocycles. The number of hydrogen-bond donors (Lipinski definition) is 1. The summed E-state index contributed by atoms with van der Waals surface area (Å²) >= 11 is 0. The first-order valence-electron chi connectivity index (χ1n) is 9.08. The molecule has 1 heterocycles. The van der Waals surface area contributed by atoms with Crippen molar-refractivity contribution in [1.82, 2.24) is 4.90 Å². The topological polar surface area (TPSA) is 32.7 Å². The van der Waals surface area contributed by atoms with Crippen LogP contribution in [0.5, 0.6) is 11.5 Å². The van der Waals surface area contributed by atoms with Crippen LogP contribution in [0.1, 0.15) is 43.0 Å². The first-order valence-corrected chi connectivity index (χ1v) is 9.08. The van der Waals surface area contributed by atoms with Crippen molar-refractivity contribution in [2.24, 2.45) is 0 Å². The predicted molar refractivity (Wildman–Crippen MR) is 96.7 cm³/mol. The van der Waals surface area contributed by atoms with Gasteiger partial charge in [-0.25, -0.2) is 0 Å². The minimum absolute atomic E-state index is 0.317. The van der Waals surface area contributed by atoms with Gasteiger partial charge in [-0.05, 0) is 54.1 Å². The third-order valence-corrected chi connectivity index (χ3v) is 5.40. The molecule has 1 aliphatic heterocycles. The summed E-state index contributed by atoms with van der Waals surface area (Å²) in [6, 6.07) is 10.9. The van der Waals surface area contributed by atoms with Crippen LogP contribution in [0.4, 0.5) is 0 Å². The summed E-state index contributed by atoms with van der Waals surface area (Å²) in [6.07, 6.45) is 2.99. The lowest BCUT2D eigenvalue weighted by Gasteiger charge is -2.41. The Morgan fingerprint density at radius 1 is 1.21 bits per heavy atom. The fraction of sp³-hybridized carbons (Fsp3) is 0.429. The Hall–Kier alpha value is -2.00. The fourth-order valence-corrected chi connectivity index (χ4v) is 4.26. The second-order valence-electron chi connectivity index (χ2n) is 6.78. The van der Waals surface area contributed by atoms with Crippen molar-refractivity contribution >= 4 is 0 Å². The Balaban J connectivity index is 1.95. The molecule has 0 saturated heterocycles. The first-order chi connectivity index (χ1) is 11.7. The number of benzene rings is 2. The molecule has 0 spiro atoms. The second kappa shape index (κ2) is 6.14. The van der Waals surface area contributed by atoms with Gasteiger partial charge in [-0.2, -0.15) is 0 Å². The molecule has 1 N–H and O–H groups in total. The molecule has 3 heteroatoms. The Bertz CT molecular complexity index is 769. The van der Waals surface area contributed by atoms with Gasteiger partial charge in [0.25, 0.3) is 0 Å². The minimum Gasteiger partial charge on any atom is -0.504 e. The smallest absolute Gasteiger partial charge is 0.166 e.